The van der Waals surface area contributed by atoms with Crippen LogP contribution in [0.2, 0.25) is 0 Å². The molecule has 0 atom stereocenters. The second-order valence-electron chi connectivity index (χ2n) is 4.63. The highest BCUT2D eigenvalue weighted by atomic mass is 32.2. The SMILES string of the molecule is N#Cc1ccccc1S(=O)(=O)Nc1ccc2c(c1)CCO2. The molecule has 1 aliphatic rings. The molecule has 1 heterocycles. The van der Waals surface area contributed by atoms with E-state index in [0.717, 1.165) is 17.7 Å². The summed E-state index contributed by atoms with van der Waals surface area (Å²) in [5.41, 5.74) is 1.56. The Balaban J connectivity index is 1.95. The number of hydrogen-bond acceptors (Lipinski definition) is 4. The van der Waals surface area contributed by atoms with E-state index in [1.54, 1.807) is 30.3 Å². The number of benzene rings is 2. The van der Waals surface area contributed by atoms with Gasteiger partial charge in [-0.15, -0.1) is 0 Å². The lowest BCUT2D eigenvalue weighted by Crippen LogP contribution is -2.14. The molecule has 0 unspecified atom stereocenters. The number of nitriles is 1. The molecule has 0 fully saturated rings. The molecule has 0 aromatic heterocycles. The molecule has 1 N–H and O–H groups in total. The molecule has 0 spiro atoms. The van der Waals surface area contributed by atoms with Crippen molar-refractivity contribution in [2.75, 3.05) is 11.3 Å². The molecule has 0 saturated carbocycles. The van der Waals surface area contributed by atoms with Gasteiger partial charge in [-0.2, -0.15) is 5.26 Å². The maximum atomic E-state index is 12.4. The first kappa shape index (κ1) is 13.5. The molecule has 0 aliphatic carbocycles. The van der Waals surface area contributed by atoms with E-state index < -0.39 is 10.0 Å². The van der Waals surface area contributed by atoms with Crippen LogP contribution in [0.4, 0.5) is 5.69 Å². The average molecular weight is 300 g/mol. The number of nitrogens with one attached hydrogen (secondary N) is 1. The minimum absolute atomic E-state index is 0.0238. The zero-order valence-electron chi connectivity index (χ0n) is 11.0. The Morgan fingerprint density at radius 1 is 1.19 bits per heavy atom. The Kier molecular flexibility index (Phi) is 3.28. The Morgan fingerprint density at radius 3 is 2.81 bits per heavy atom. The van der Waals surface area contributed by atoms with Gasteiger partial charge >= 0.3 is 0 Å². The maximum absolute atomic E-state index is 12.4. The highest BCUT2D eigenvalue weighted by Crippen LogP contribution is 2.29. The molecule has 106 valence electrons. The molecule has 0 amide bonds. The average Bonchev–Trinajstić information content (AvgIpc) is 2.94. The second-order valence-corrected chi connectivity index (χ2v) is 6.29. The van der Waals surface area contributed by atoms with Gasteiger partial charge < -0.3 is 4.74 Å². The highest BCUT2D eigenvalue weighted by Gasteiger charge is 2.19. The monoisotopic (exact) mass is 300 g/mol. The molecule has 0 saturated heterocycles. The second kappa shape index (κ2) is 5.11. The summed E-state index contributed by atoms with van der Waals surface area (Å²) in [5.74, 6) is 0.787. The summed E-state index contributed by atoms with van der Waals surface area (Å²) in [6.45, 7) is 0.614. The molecule has 2 aromatic carbocycles. The van der Waals surface area contributed by atoms with Gasteiger partial charge in [0.05, 0.1) is 12.2 Å². The smallest absolute Gasteiger partial charge is 0.263 e. The molecule has 6 heteroatoms. The van der Waals surface area contributed by atoms with Gasteiger partial charge in [-0.25, -0.2) is 8.42 Å². The van der Waals surface area contributed by atoms with Crippen LogP contribution in [0, 0.1) is 11.3 Å². The topological polar surface area (TPSA) is 79.2 Å². The first-order valence-electron chi connectivity index (χ1n) is 6.38. The van der Waals surface area contributed by atoms with Gasteiger partial charge in [-0.05, 0) is 35.9 Å². The van der Waals surface area contributed by atoms with Crippen LogP contribution in [0.1, 0.15) is 11.1 Å². The summed E-state index contributed by atoms with van der Waals surface area (Å²) in [6, 6.07) is 13.2. The van der Waals surface area contributed by atoms with Crippen LogP contribution in [0.3, 0.4) is 0 Å². The molecular formula is C15H12N2O3S. The van der Waals surface area contributed by atoms with Crippen LogP contribution in [-0.2, 0) is 16.4 Å². The van der Waals surface area contributed by atoms with Crippen LogP contribution in [0.25, 0.3) is 0 Å². The Hall–Kier alpha value is -2.52. The molecule has 1 aliphatic heterocycles. The molecule has 21 heavy (non-hydrogen) atoms. The quantitative estimate of drug-likeness (QED) is 0.943. The van der Waals surface area contributed by atoms with Gasteiger partial charge in [0.25, 0.3) is 10.0 Å². The summed E-state index contributed by atoms with van der Waals surface area (Å²) < 4.78 is 32.7. The zero-order valence-corrected chi connectivity index (χ0v) is 11.9. The fraction of sp³-hybridized carbons (Fsp3) is 0.133. The molecule has 0 bridgehead atoms. The van der Waals surface area contributed by atoms with Crippen molar-refractivity contribution in [1.82, 2.24) is 0 Å². The highest BCUT2D eigenvalue weighted by molar-refractivity contribution is 7.92. The standard InChI is InChI=1S/C15H12N2O3S/c16-10-12-3-1-2-4-15(12)21(18,19)17-13-5-6-14-11(9-13)7-8-20-14/h1-6,9,17H,7-8H2. The van der Waals surface area contributed by atoms with Crippen molar-refractivity contribution < 1.29 is 13.2 Å². The van der Waals surface area contributed by atoms with E-state index in [1.165, 1.54) is 12.1 Å². The number of ether oxygens (including phenoxy) is 1. The van der Waals surface area contributed by atoms with E-state index in [1.807, 2.05) is 6.07 Å². The van der Waals surface area contributed by atoms with E-state index in [0.29, 0.717) is 12.3 Å². The molecule has 2 aromatic rings. The fourth-order valence-corrected chi connectivity index (χ4v) is 3.46. The summed E-state index contributed by atoms with van der Waals surface area (Å²) in [7, 11) is -3.79. The maximum Gasteiger partial charge on any atom is 0.263 e. The first-order valence-corrected chi connectivity index (χ1v) is 7.86. The third-order valence-electron chi connectivity index (χ3n) is 3.24. The largest absolute Gasteiger partial charge is 0.493 e. The van der Waals surface area contributed by atoms with Crippen LogP contribution >= 0.6 is 0 Å². The first-order chi connectivity index (χ1) is 10.1. The van der Waals surface area contributed by atoms with Crippen molar-refractivity contribution in [3.05, 3.63) is 53.6 Å². The Morgan fingerprint density at radius 2 is 2.00 bits per heavy atom. The Bertz CT molecular complexity index is 838. The normalized spacial score (nSPS) is 13.1. The van der Waals surface area contributed by atoms with Crippen molar-refractivity contribution in [2.24, 2.45) is 0 Å². The minimum Gasteiger partial charge on any atom is -0.493 e. The number of rotatable bonds is 3. The lowest BCUT2D eigenvalue weighted by Gasteiger charge is -2.10. The number of sulfonamides is 1. The lowest BCUT2D eigenvalue weighted by molar-refractivity contribution is 0.357. The molecule has 0 radical (unpaired) electrons. The van der Waals surface area contributed by atoms with Gasteiger partial charge in [0, 0.05) is 12.1 Å². The van der Waals surface area contributed by atoms with E-state index in [4.69, 9.17) is 10.00 Å². The van der Waals surface area contributed by atoms with E-state index in [2.05, 4.69) is 4.72 Å². The summed E-state index contributed by atoms with van der Waals surface area (Å²) >= 11 is 0. The van der Waals surface area contributed by atoms with Gasteiger partial charge in [0.1, 0.15) is 16.7 Å². The van der Waals surface area contributed by atoms with Gasteiger partial charge in [0.15, 0.2) is 0 Å². The summed E-state index contributed by atoms with van der Waals surface area (Å²) in [4.78, 5) is -0.0238. The van der Waals surface area contributed by atoms with Crippen molar-refractivity contribution >= 4 is 15.7 Å². The third kappa shape index (κ3) is 2.56. The van der Waals surface area contributed by atoms with Crippen LogP contribution in [-0.4, -0.2) is 15.0 Å². The van der Waals surface area contributed by atoms with Gasteiger partial charge in [0.2, 0.25) is 0 Å². The predicted octanol–water partition coefficient (Wildman–Crippen LogP) is 2.29. The summed E-state index contributed by atoms with van der Waals surface area (Å²) in [5, 5.41) is 9.02. The van der Waals surface area contributed by atoms with Crippen LogP contribution in [0.5, 0.6) is 5.75 Å². The number of nitrogens with zero attached hydrogens (tertiary/aromatic N) is 1. The number of anilines is 1. The minimum atomic E-state index is -3.79. The van der Waals surface area contributed by atoms with Crippen LogP contribution in [0.15, 0.2) is 47.4 Å². The lowest BCUT2D eigenvalue weighted by atomic mass is 10.1. The number of fused-ring (bicyclic) bond motifs is 1. The van der Waals surface area contributed by atoms with E-state index >= 15 is 0 Å². The van der Waals surface area contributed by atoms with Crippen LogP contribution < -0.4 is 9.46 Å². The molecular weight excluding hydrogens is 288 g/mol. The zero-order chi connectivity index (χ0) is 14.9. The van der Waals surface area contributed by atoms with Crippen molar-refractivity contribution in [2.45, 2.75) is 11.3 Å². The third-order valence-corrected chi connectivity index (χ3v) is 4.68. The predicted molar refractivity (Wildman–Crippen MR) is 77.6 cm³/mol. The number of hydrogen-bond donors (Lipinski definition) is 1. The van der Waals surface area contributed by atoms with Crippen molar-refractivity contribution in [3.63, 3.8) is 0 Å². The van der Waals surface area contributed by atoms with Crippen molar-refractivity contribution in [1.29, 1.82) is 5.26 Å². The van der Waals surface area contributed by atoms with E-state index in [-0.39, 0.29) is 10.5 Å². The van der Waals surface area contributed by atoms with Gasteiger partial charge in [-0.1, -0.05) is 12.1 Å². The van der Waals surface area contributed by atoms with E-state index in [9.17, 15) is 8.42 Å². The molecule has 3 rings (SSSR count). The Labute approximate surface area is 122 Å². The summed E-state index contributed by atoms with van der Waals surface area (Å²) in [6.07, 6.45) is 0.764. The fourth-order valence-electron chi connectivity index (χ4n) is 2.25. The molecule has 5 nitrogen and oxygen atoms in total. The van der Waals surface area contributed by atoms with Crippen molar-refractivity contribution in [3.8, 4) is 11.8 Å². The van der Waals surface area contributed by atoms with Gasteiger partial charge in [-0.3, -0.25) is 4.72 Å².